The highest BCUT2D eigenvalue weighted by Gasteiger charge is 2.04. The lowest BCUT2D eigenvalue weighted by molar-refractivity contribution is 0.905. The zero-order chi connectivity index (χ0) is 10.6. The smallest absolute Gasteiger partial charge is 0.0991 e. The summed E-state index contributed by atoms with van der Waals surface area (Å²) >= 11 is 1.88. The molecule has 0 spiro atoms. The fraction of sp³-hybridized carbons (Fsp3) is 0.417. The van der Waals surface area contributed by atoms with E-state index in [-0.39, 0.29) is 0 Å². The fourth-order valence-corrected chi connectivity index (χ4v) is 2.14. The van der Waals surface area contributed by atoms with Gasteiger partial charge in [0.1, 0.15) is 0 Å². The van der Waals surface area contributed by atoms with Gasteiger partial charge in [0, 0.05) is 10.1 Å². The lowest BCUT2D eigenvalue weighted by Crippen LogP contribution is -1.93. The van der Waals surface area contributed by atoms with E-state index < -0.39 is 0 Å². The van der Waals surface area contributed by atoms with E-state index in [0.29, 0.717) is 5.25 Å². The summed E-state index contributed by atoms with van der Waals surface area (Å²) in [6.07, 6.45) is 1.17. The van der Waals surface area contributed by atoms with Crippen molar-refractivity contribution in [3.63, 3.8) is 0 Å². The molecule has 0 aliphatic rings. The molecule has 14 heavy (non-hydrogen) atoms. The molecule has 1 rings (SSSR count). The van der Waals surface area contributed by atoms with Gasteiger partial charge in [-0.15, -0.1) is 11.8 Å². The Balaban J connectivity index is 2.85. The molecule has 0 saturated carbocycles. The lowest BCUT2D eigenvalue weighted by Gasteiger charge is -2.10. The standard InChI is InChI=1S/C12H15NS/c1-4-10(3)14-12-6-5-11(8-13)7-9(12)2/h5-7,10H,4H2,1-3H3. The van der Waals surface area contributed by atoms with E-state index >= 15 is 0 Å². The molecule has 1 nitrogen and oxygen atoms in total. The van der Waals surface area contributed by atoms with Crippen LogP contribution in [0.15, 0.2) is 23.1 Å². The quantitative estimate of drug-likeness (QED) is 0.701. The van der Waals surface area contributed by atoms with Crippen LogP contribution >= 0.6 is 11.8 Å². The maximum atomic E-state index is 8.72. The Bertz CT molecular complexity index is 352. The molecule has 0 radical (unpaired) electrons. The van der Waals surface area contributed by atoms with Crippen LogP contribution in [-0.4, -0.2) is 5.25 Å². The Morgan fingerprint density at radius 3 is 2.71 bits per heavy atom. The van der Waals surface area contributed by atoms with E-state index in [0.717, 1.165) is 5.56 Å². The van der Waals surface area contributed by atoms with Crippen molar-refractivity contribution in [2.24, 2.45) is 0 Å². The van der Waals surface area contributed by atoms with Crippen molar-refractivity contribution >= 4 is 11.8 Å². The molecule has 1 aromatic rings. The Morgan fingerprint density at radius 1 is 1.50 bits per heavy atom. The first-order chi connectivity index (χ1) is 6.67. The first-order valence-corrected chi connectivity index (χ1v) is 5.72. The Kier molecular flexibility index (Phi) is 4.03. The van der Waals surface area contributed by atoms with E-state index in [1.165, 1.54) is 16.9 Å². The van der Waals surface area contributed by atoms with Gasteiger partial charge in [0.25, 0.3) is 0 Å². The van der Waals surface area contributed by atoms with Gasteiger partial charge in [-0.25, -0.2) is 0 Å². The van der Waals surface area contributed by atoms with Crippen LogP contribution in [0.4, 0.5) is 0 Å². The van der Waals surface area contributed by atoms with Crippen LogP contribution < -0.4 is 0 Å². The maximum absolute atomic E-state index is 8.72. The van der Waals surface area contributed by atoms with E-state index in [9.17, 15) is 0 Å². The van der Waals surface area contributed by atoms with Crippen LogP contribution in [0, 0.1) is 18.3 Å². The van der Waals surface area contributed by atoms with Gasteiger partial charge in [0.2, 0.25) is 0 Å². The van der Waals surface area contributed by atoms with Crippen molar-refractivity contribution < 1.29 is 0 Å². The predicted octanol–water partition coefficient (Wildman–Crippen LogP) is 3.76. The van der Waals surface area contributed by atoms with Gasteiger partial charge < -0.3 is 0 Å². The van der Waals surface area contributed by atoms with E-state index in [4.69, 9.17) is 5.26 Å². The van der Waals surface area contributed by atoms with E-state index in [1.807, 2.05) is 30.0 Å². The number of aryl methyl sites for hydroxylation is 1. The molecule has 0 aromatic heterocycles. The normalized spacial score (nSPS) is 12.1. The Hall–Kier alpha value is -0.940. The molecular weight excluding hydrogens is 190 g/mol. The summed E-state index contributed by atoms with van der Waals surface area (Å²) < 4.78 is 0. The first kappa shape index (κ1) is 11.1. The third kappa shape index (κ3) is 2.78. The molecule has 0 aliphatic carbocycles. The van der Waals surface area contributed by atoms with Gasteiger partial charge in [-0.1, -0.05) is 13.8 Å². The minimum absolute atomic E-state index is 0.640. The van der Waals surface area contributed by atoms with Crippen LogP contribution in [0.1, 0.15) is 31.4 Å². The number of nitriles is 1. The third-order valence-electron chi connectivity index (χ3n) is 2.21. The van der Waals surface area contributed by atoms with Crippen molar-refractivity contribution in [2.75, 3.05) is 0 Å². The second-order valence-corrected chi connectivity index (χ2v) is 4.91. The van der Waals surface area contributed by atoms with E-state index in [2.05, 4.69) is 26.8 Å². The summed E-state index contributed by atoms with van der Waals surface area (Å²) in [6.45, 7) is 6.48. The van der Waals surface area contributed by atoms with Crippen LogP contribution in [-0.2, 0) is 0 Å². The lowest BCUT2D eigenvalue weighted by atomic mass is 10.2. The topological polar surface area (TPSA) is 23.8 Å². The highest BCUT2D eigenvalue weighted by molar-refractivity contribution is 8.00. The monoisotopic (exact) mass is 205 g/mol. The first-order valence-electron chi connectivity index (χ1n) is 4.84. The van der Waals surface area contributed by atoms with Gasteiger partial charge in [0.05, 0.1) is 11.6 Å². The Labute approximate surface area is 90.1 Å². The van der Waals surface area contributed by atoms with Gasteiger partial charge in [-0.2, -0.15) is 5.26 Å². The molecule has 2 heteroatoms. The van der Waals surface area contributed by atoms with Crippen molar-refractivity contribution in [1.82, 2.24) is 0 Å². The third-order valence-corrected chi connectivity index (χ3v) is 3.65. The largest absolute Gasteiger partial charge is 0.192 e. The van der Waals surface area contributed by atoms with Crippen molar-refractivity contribution in [1.29, 1.82) is 5.26 Å². The van der Waals surface area contributed by atoms with Crippen LogP contribution in [0.3, 0.4) is 0 Å². The molecule has 0 amide bonds. The summed E-state index contributed by atoms with van der Waals surface area (Å²) in [5, 5.41) is 9.36. The SMILES string of the molecule is CCC(C)Sc1ccc(C#N)cc1C. The van der Waals surface area contributed by atoms with Crippen LogP contribution in [0.25, 0.3) is 0 Å². The minimum Gasteiger partial charge on any atom is -0.192 e. The average Bonchev–Trinajstić information content (AvgIpc) is 2.20. The Morgan fingerprint density at radius 2 is 2.21 bits per heavy atom. The number of hydrogen-bond acceptors (Lipinski definition) is 2. The highest BCUT2D eigenvalue weighted by Crippen LogP contribution is 2.28. The molecule has 0 aliphatic heterocycles. The summed E-state index contributed by atoms with van der Waals surface area (Å²) in [5.41, 5.74) is 1.95. The number of nitrogens with zero attached hydrogens (tertiary/aromatic N) is 1. The molecule has 0 saturated heterocycles. The number of rotatable bonds is 3. The number of thioether (sulfide) groups is 1. The van der Waals surface area contributed by atoms with Gasteiger partial charge in [-0.3, -0.25) is 0 Å². The summed E-state index contributed by atoms with van der Waals surface area (Å²) in [5.74, 6) is 0. The zero-order valence-corrected chi connectivity index (χ0v) is 9.69. The summed E-state index contributed by atoms with van der Waals surface area (Å²) in [7, 11) is 0. The van der Waals surface area contributed by atoms with Crippen LogP contribution in [0.5, 0.6) is 0 Å². The van der Waals surface area contributed by atoms with Gasteiger partial charge in [-0.05, 0) is 37.1 Å². The summed E-state index contributed by atoms with van der Waals surface area (Å²) in [4.78, 5) is 1.29. The fourth-order valence-electron chi connectivity index (χ4n) is 1.15. The molecular formula is C12H15NS. The minimum atomic E-state index is 0.640. The predicted molar refractivity (Wildman–Crippen MR) is 61.5 cm³/mol. The highest BCUT2D eigenvalue weighted by atomic mass is 32.2. The zero-order valence-electron chi connectivity index (χ0n) is 8.87. The molecule has 0 N–H and O–H groups in total. The molecule has 0 heterocycles. The molecule has 0 fully saturated rings. The summed E-state index contributed by atoms with van der Waals surface area (Å²) in [6, 6.07) is 8.04. The maximum Gasteiger partial charge on any atom is 0.0991 e. The van der Waals surface area contributed by atoms with Gasteiger partial charge >= 0.3 is 0 Å². The number of hydrogen-bond donors (Lipinski definition) is 0. The molecule has 1 unspecified atom stereocenters. The molecule has 1 aromatic carbocycles. The van der Waals surface area contributed by atoms with Crippen molar-refractivity contribution in [3.8, 4) is 6.07 Å². The average molecular weight is 205 g/mol. The second kappa shape index (κ2) is 5.07. The number of benzene rings is 1. The molecule has 1 atom stereocenters. The van der Waals surface area contributed by atoms with Crippen molar-refractivity contribution in [3.05, 3.63) is 29.3 Å². The second-order valence-electron chi connectivity index (χ2n) is 3.43. The van der Waals surface area contributed by atoms with Crippen LogP contribution in [0.2, 0.25) is 0 Å². The van der Waals surface area contributed by atoms with Gasteiger partial charge in [0.15, 0.2) is 0 Å². The van der Waals surface area contributed by atoms with Crippen molar-refractivity contribution in [2.45, 2.75) is 37.3 Å². The molecule has 0 bridgehead atoms. The molecule has 74 valence electrons. The van der Waals surface area contributed by atoms with E-state index in [1.54, 1.807) is 0 Å².